The lowest BCUT2D eigenvalue weighted by Crippen LogP contribution is -2.30. The van der Waals surface area contributed by atoms with E-state index in [0.29, 0.717) is 12.6 Å². The third kappa shape index (κ3) is 3.27. The number of para-hydroxylation sites is 1. The molecule has 2 heteroatoms. The smallest absolute Gasteiger partial charge is 0.148 e. The van der Waals surface area contributed by atoms with Crippen molar-refractivity contribution in [1.29, 1.82) is 0 Å². The van der Waals surface area contributed by atoms with Gasteiger partial charge in [-0.05, 0) is 24.8 Å². The number of benzene rings is 1. The van der Waals surface area contributed by atoms with Gasteiger partial charge in [-0.1, -0.05) is 37.5 Å². The molecule has 0 aromatic heterocycles. The summed E-state index contributed by atoms with van der Waals surface area (Å²) in [6, 6.07) is 8.74. The largest absolute Gasteiger partial charge is 0.481 e. The third-order valence-electron chi connectivity index (χ3n) is 3.70. The Balaban J connectivity index is 1.94. The van der Waals surface area contributed by atoms with Crippen LogP contribution in [-0.2, 0) is 6.54 Å². The third-order valence-corrected chi connectivity index (χ3v) is 3.70. The van der Waals surface area contributed by atoms with E-state index in [4.69, 9.17) is 11.2 Å². The molecule has 0 aliphatic heterocycles. The lowest BCUT2D eigenvalue weighted by Gasteiger charge is -2.18. The summed E-state index contributed by atoms with van der Waals surface area (Å²) < 4.78 is 5.55. The Labute approximate surface area is 110 Å². The average molecular weight is 243 g/mol. The second-order valence-corrected chi connectivity index (χ2v) is 5.00. The highest BCUT2D eigenvalue weighted by Gasteiger charge is 2.22. The van der Waals surface area contributed by atoms with Crippen LogP contribution in [-0.4, -0.2) is 12.6 Å². The molecule has 1 aromatic carbocycles. The Morgan fingerprint density at radius 2 is 2.22 bits per heavy atom. The van der Waals surface area contributed by atoms with Crippen molar-refractivity contribution in [2.75, 3.05) is 6.61 Å². The van der Waals surface area contributed by atoms with Crippen molar-refractivity contribution < 1.29 is 4.74 Å². The molecule has 1 saturated carbocycles. The topological polar surface area (TPSA) is 21.3 Å². The number of hydrogen-bond donors (Lipinski definition) is 1. The van der Waals surface area contributed by atoms with Gasteiger partial charge < -0.3 is 10.1 Å². The fraction of sp³-hybridized carbons (Fsp3) is 0.500. The van der Waals surface area contributed by atoms with Gasteiger partial charge in [0, 0.05) is 18.2 Å². The van der Waals surface area contributed by atoms with Gasteiger partial charge in [0.15, 0.2) is 0 Å². The number of terminal acetylenes is 1. The van der Waals surface area contributed by atoms with Crippen molar-refractivity contribution in [3.63, 3.8) is 0 Å². The van der Waals surface area contributed by atoms with E-state index < -0.39 is 0 Å². The van der Waals surface area contributed by atoms with Gasteiger partial charge in [0.1, 0.15) is 12.4 Å². The second-order valence-electron chi connectivity index (χ2n) is 5.00. The van der Waals surface area contributed by atoms with Crippen LogP contribution in [0, 0.1) is 18.3 Å². The maximum Gasteiger partial charge on any atom is 0.148 e. The zero-order chi connectivity index (χ0) is 12.8. The lowest BCUT2D eigenvalue weighted by molar-refractivity contribution is 0.360. The molecule has 0 heterocycles. The fourth-order valence-electron chi connectivity index (χ4n) is 2.60. The van der Waals surface area contributed by atoms with Crippen LogP contribution in [0.5, 0.6) is 5.75 Å². The zero-order valence-corrected chi connectivity index (χ0v) is 11.0. The van der Waals surface area contributed by atoms with Crippen LogP contribution in [0.4, 0.5) is 0 Å². The van der Waals surface area contributed by atoms with Gasteiger partial charge in [0.2, 0.25) is 0 Å². The van der Waals surface area contributed by atoms with Crippen LogP contribution in [0.3, 0.4) is 0 Å². The maximum absolute atomic E-state index is 5.55. The summed E-state index contributed by atoms with van der Waals surface area (Å²) in [6.45, 7) is 3.51. The van der Waals surface area contributed by atoms with Crippen LogP contribution >= 0.6 is 0 Å². The standard InChI is InChI=1S/C16H21NO/c1-3-11-18-16-10-5-4-8-14(16)12-17-15-9-6-7-13(15)2/h1,4-5,8,10,13,15,17H,6-7,9,11-12H2,2H3. The molecule has 1 aromatic rings. The van der Waals surface area contributed by atoms with Crippen LogP contribution in [0.15, 0.2) is 24.3 Å². The van der Waals surface area contributed by atoms with Crippen molar-refractivity contribution in [2.45, 2.75) is 38.8 Å². The molecule has 0 radical (unpaired) electrons. The molecule has 1 aliphatic carbocycles. The highest BCUT2D eigenvalue weighted by Crippen LogP contribution is 2.26. The first-order valence-electron chi connectivity index (χ1n) is 6.69. The van der Waals surface area contributed by atoms with Crippen molar-refractivity contribution in [3.8, 4) is 18.1 Å². The minimum absolute atomic E-state index is 0.330. The Morgan fingerprint density at radius 1 is 1.39 bits per heavy atom. The summed E-state index contributed by atoms with van der Waals surface area (Å²) in [5.41, 5.74) is 1.19. The Morgan fingerprint density at radius 3 is 2.94 bits per heavy atom. The van der Waals surface area contributed by atoms with Crippen LogP contribution in [0.2, 0.25) is 0 Å². The molecular weight excluding hydrogens is 222 g/mol. The average Bonchev–Trinajstić information content (AvgIpc) is 2.80. The molecule has 1 N–H and O–H groups in total. The molecule has 96 valence electrons. The van der Waals surface area contributed by atoms with Crippen LogP contribution in [0.1, 0.15) is 31.7 Å². The number of hydrogen-bond acceptors (Lipinski definition) is 2. The van der Waals surface area contributed by atoms with E-state index in [1.54, 1.807) is 0 Å². The predicted molar refractivity (Wildman–Crippen MR) is 74.4 cm³/mol. The normalized spacial score (nSPS) is 22.7. The van der Waals surface area contributed by atoms with E-state index >= 15 is 0 Å². The van der Waals surface area contributed by atoms with Crippen molar-refractivity contribution in [1.82, 2.24) is 5.32 Å². The van der Waals surface area contributed by atoms with E-state index in [1.807, 2.05) is 18.2 Å². The number of ether oxygens (including phenoxy) is 1. The number of rotatable bonds is 5. The van der Waals surface area contributed by atoms with Gasteiger partial charge in [-0.15, -0.1) is 6.42 Å². The fourth-order valence-corrected chi connectivity index (χ4v) is 2.60. The van der Waals surface area contributed by atoms with E-state index in [2.05, 4.69) is 24.2 Å². The highest BCUT2D eigenvalue weighted by atomic mass is 16.5. The Hall–Kier alpha value is -1.46. The summed E-state index contributed by atoms with van der Waals surface area (Å²) in [4.78, 5) is 0. The first kappa shape index (κ1) is 13.0. The van der Waals surface area contributed by atoms with Crippen molar-refractivity contribution in [3.05, 3.63) is 29.8 Å². The molecule has 2 unspecified atom stereocenters. The molecule has 1 aliphatic rings. The van der Waals surface area contributed by atoms with Gasteiger partial charge in [0.05, 0.1) is 0 Å². The van der Waals surface area contributed by atoms with Crippen molar-refractivity contribution in [2.24, 2.45) is 5.92 Å². The molecule has 0 spiro atoms. The molecular formula is C16H21NO. The maximum atomic E-state index is 5.55. The van der Waals surface area contributed by atoms with Gasteiger partial charge in [0.25, 0.3) is 0 Å². The van der Waals surface area contributed by atoms with E-state index in [9.17, 15) is 0 Å². The summed E-state index contributed by atoms with van der Waals surface area (Å²) in [5, 5.41) is 3.63. The first-order chi connectivity index (χ1) is 8.81. The van der Waals surface area contributed by atoms with Crippen molar-refractivity contribution >= 4 is 0 Å². The minimum atomic E-state index is 0.330. The summed E-state index contributed by atoms with van der Waals surface area (Å²) in [5.74, 6) is 4.18. The van der Waals surface area contributed by atoms with E-state index in [0.717, 1.165) is 18.2 Å². The molecule has 2 rings (SSSR count). The van der Waals surface area contributed by atoms with E-state index in [-0.39, 0.29) is 0 Å². The molecule has 0 saturated heterocycles. The Bertz CT molecular complexity index is 421. The van der Waals surface area contributed by atoms with Gasteiger partial charge in [-0.25, -0.2) is 0 Å². The van der Waals surface area contributed by atoms with Crippen LogP contribution < -0.4 is 10.1 Å². The SMILES string of the molecule is C#CCOc1ccccc1CNC1CCCC1C. The minimum Gasteiger partial charge on any atom is -0.481 e. The number of nitrogens with one attached hydrogen (secondary N) is 1. The lowest BCUT2D eigenvalue weighted by atomic mass is 10.1. The van der Waals surface area contributed by atoms with Crippen LogP contribution in [0.25, 0.3) is 0 Å². The molecule has 18 heavy (non-hydrogen) atoms. The summed E-state index contributed by atoms with van der Waals surface area (Å²) >= 11 is 0. The first-order valence-corrected chi connectivity index (χ1v) is 6.69. The van der Waals surface area contributed by atoms with Gasteiger partial charge >= 0.3 is 0 Å². The van der Waals surface area contributed by atoms with Gasteiger partial charge in [-0.2, -0.15) is 0 Å². The molecule has 2 atom stereocenters. The van der Waals surface area contributed by atoms with E-state index in [1.165, 1.54) is 24.8 Å². The zero-order valence-electron chi connectivity index (χ0n) is 11.0. The molecule has 0 amide bonds. The molecule has 2 nitrogen and oxygen atoms in total. The quantitative estimate of drug-likeness (QED) is 0.803. The molecule has 0 bridgehead atoms. The van der Waals surface area contributed by atoms with Gasteiger partial charge in [-0.3, -0.25) is 0 Å². The summed E-state index contributed by atoms with van der Waals surface area (Å²) in [7, 11) is 0. The second kappa shape index (κ2) is 6.47. The molecule has 1 fully saturated rings. The Kier molecular flexibility index (Phi) is 4.66. The monoisotopic (exact) mass is 243 g/mol. The highest BCUT2D eigenvalue weighted by molar-refractivity contribution is 5.33. The predicted octanol–water partition coefficient (Wildman–Crippen LogP) is 2.98. The summed E-state index contributed by atoms with van der Waals surface area (Å²) in [6.07, 6.45) is 9.20.